The first-order valence-corrected chi connectivity index (χ1v) is 6.39. The summed E-state index contributed by atoms with van der Waals surface area (Å²) in [6, 6.07) is 3.10. The number of pyridine rings is 1. The molecular weight excluding hydrogens is 271 g/mol. The minimum atomic E-state index is -4.51. The normalized spacial score (nSPS) is 19.6. The van der Waals surface area contributed by atoms with Gasteiger partial charge in [-0.25, -0.2) is 9.78 Å². The zero-order valence-corrected chi connectivity index (χ0v) is 11.2. The van der Waals surface area contributed by atoms with Gasteiger partial charge in [-0.05, 0) is 24.5 Å². The fraction of sp³-hybridized carbons (Fsp3) is 0.538. The molecule has 0 saturated carbocycles. The van der Waals surface area contributed by atoms with Gasteiger partial charge < -0.3 is 5.32 Å². The highest BCUT2D eigenvalue weighted by Crippen LogP contribution is 2.29. The van der Waals surface area contributed by atoms with Crippen molar-refractivity contribution in [3.8, 4) is 0 Å². The summed E-state index contributed by atoms with van der Waals surface area (Å²) in [6.45, 7) is 4.39. The number of carbonyl (C=O) groups excluding carboxylic acids is 1. The number of carbonyl (C=O) groups is 1. The van der Waals surface area contributed by atoms with E-state index >= 15 is 0 Å². The molecule has 7 heteroatoms. The van der Waals surface area contributed by atoms with E-state index in [9.17, 15) is 18.0 Å². The van der Waals surface area contributed by atoms with Gasteiger partial charge in [-0.2, -0.15) is 13.2 Å². The highest BCUT2D eigenvalue weighted by molar-refractivity contribution is 5.93. The van der Waals surface area contributed by atoms with Crippen LogP contribution in [-0.2, 0) is 6.18 Å². The van der Waals surface area contributed by atoms with E-state index in [0.717, 1.165) is 12.5 Å². The Bertz CT molecular complexity index is 502. The van der Waals surface area contributed by atoms with E-state index in [2.05, 4.69) is 10.3 Å². The second-order valence-corrected chi connectivity index (χ2v) is 5.27. The monoisotopic (exact) mass is 287 g/mol. The van der Waals surface area contributed by atoms with E-state index in [4.69, 9.17) is 0 Å². The minimum absolute atomic E-state index is 0.0311. The molecule has 0 spiro atoms. The number of aromatic nitrogens is 1. The van der Waals surface area contributed by atoms with Gasteiger partial charge in [-0.1, -0.05) is 19.9 Å². The number of nitrogens with zero attached hydrogens (tertiary/aromatic N) is 2. The van der Waals surface area contributed by atoms with Crippen LogP contribution in [-0.4, -0.2) is 23.6 Å². The molecule has 0 bridgehead atoms. The summed E-state index contributed by atoms with van der Waals surface area (Å²) >= 11 is 0. The number of alkyl halides is 3. The maximum atomic E-state index is 12.6. The fourth-order valence-corrected chi connectivity index (χ4v) is 2.23. The summed E-state index contributed by atoms with van der Waals surface area (Å²) < 4.78 is 37.9. The number of halogens is 3. The van der Waals surface area contributed by atoms with Crippen LogP contribution in [0.5, 0.6) is 0 Å². The van der Waals surface area contributed by atoms with Gasteiger partial charge in [0.05, 0.1) is 0 Å². The summed E-state index contributed by atoms with van der Waals surface area (Å²) in [6.07, 6.45) is -3.73. The Kier molecular flexibility index (Phi) is 3.87. The molecule has 1 saturated heterocycles. The number of anilines is 1. The second kappa shape index (κ2) is 5.30. The third-order valence-electron chi connectivity index (χ3n) is 3.03. The summed E-state index contributed by atoms with van der Waals surface area (Å²) in [5.74, 6) is 0.429. The number of hydrogen-bond acceptors (Lipinski definition) is 2. The minimum Gasteiger partial charge on any atom is -0.333 e. The van der Waals surface area contributed by atoms with Gasteiger partial charge in [0.1, 0.15) is 11.5 Å². The smallest absolute Gasteiger partial charge is 0.333 e. The molecule has 1 fully saturated rings. The molecule has 1 aromatic heterocycles. The molecule has 1 aliphatic heterocycles. The SMILES string of the molecule is CC(C)CC1CN(c2cccc(C(F)(F)F)n2)C(=O)N1. The van der Waals surface area contributed by atoms with E-state index in [1.54, 1.807) is 0 Å². The number of urea groups is 1. The van der Waals surface area contributed by atoms with Crippen molar-refractivity contribution in [2.45, 2.75) is 32.5 Å². The first-order valence-electron chi connectivity index (χ1n) is 6.39. The number of nitrogens with one attached hydrogen (secondary N) is 1. The van der Waals surface area contributed by atoms with Crippen LogP contribution >= 0.6 is 0 Å². The molecule has 1 aromatic rings. The standard InChI is InChI=1S/C13H16F3N3O/c1-8(2)6-9-7-19(12(20)17-9)11-5-3-4-10(18-11)13(14,15)16/h3-5,8-9H,6-7H2,1-2H3,(H,17,20). The molecule has 0 radical (unpaired) electrons. The molecule has 2 amide bonds. The molecule has 2 rings (SSSR count). The molecule has 0 aliphatic carbocycles. The van der Waals surface area contributed by atoms with Crippen LogP contribution in [0, 0.1) is 5.92 Å². The first kappa shape index (κ1) is 14.6. The van der Waals surface area contributed by atoms with Crippen molar-refractivity contribution in [1.82, 2.24) is 10.3 Å². The number of amides is 2. The lowest BCUT2D eigenvalue weighted by Gasteiger charge is -2.16. The second-order valence-electron chi connectivity index (χ2n) is 5.27. The van der Waals surface area contributed by atoms with Crippen LogP contribution in [0.2, 0.25) is 0 Å². The molecule has 0 aromatic carbocycles. The van der Waals surface area contributed by atoms with Crippen molar-refractivity contribution in [2.75, 3.05) is 11.4 Å². The van der Waals surface area contributed by atoms with E-state index in [0.29, 0.717) is 12.5 Å². The Morgan fingerprint density at radius 2 is 2.15 bits per heavy atom. The first-order chi connectivity index (χ1) is 9.27. The Hall–Kier alpha value is -1.79. The van der Waals surface area contributed by atoms with Gasteiger partial charge in [0, 0.05) is 12.6 Å². The van der Waals surface area contributed by atoms with E-state index in [1.807, 2.05) is 13.8 Å². The van der Waals surface area contributed by atoms with Gasteiger partial charge in [0.2, 0.25) is 0 Å². The van der Waals surface area contributed by atoms with Crippen molar-refractivity contribution in [3.05, 3.63) is 23.9 Å². The Morgan fingerprint density at radius 3 is 2.75 bits per heavy atom. The van der Waals surface area contributed by atoms with Gasteiger partial charge in [-0.15, -0.1) is 0 Å². The molecule has 4 nitrogen and oxygen atoms in total. The zero-order valence-electron chi connectivity index (χ0n) is 11.2. The van der Waals surface area contributed by atoms with Crippen LogP contribution in [0.3, 0.4) is 0 Å². The van der Waals surface area contributed by atoms with E-state index < -0.39 is 17.9 Å². The third kappa shape index (κ3) is 3.20. The average Bonchev–Trinajstić information content (AvgIpc) is 2.68. The van der Waals surface area contributed by atoms with Crippen LogP contribution in [0.4, 0.5) is 23.8 Å². The molecule has 1 N–H and O–H groups in total. The molecule has 20 heavy (non-hydrogen) atoms. The molecule has 110 valence electrons. The lowest BCUT2D eigenvalue weighted by Crippen LogP contribution is -2.29. The van der Waals surface area contributed by atoms with Crippen LogP contribution in [0.25, 0.3) is 0 Å². The average molecular weight is 287 g/mol. The Morgan fingerprint density at radius 1 is 1.45 bits per heavy atom. The maximum absolute atomic E-state index is 12.6. The summed E-state index contributed by atoms with van der Waals surface area (Å²) in [5.41, 5.74) is -0.991. The number of rotatable bonds is 3. The molecule has 2 heterocycles. The highest BCUT2D eigenvalue weighted by atomic mass is 19.4. The van der Waals surface area contributed by atoms with Crippen molar-refractivity contribution in [1.29, 1.82) is 0 Å². The van der Waals surface area contributed by atoms with Gasteiger partial charge >= 0.3 is 12.2 Å². The van der Waals surface area contributed by atoms with Crippen LogP contribution < -0.4 is 10.2 Å². The lowest BCUT2D eigenvalue weighted by atomic mass is 10.0. The van der Waals surface area contributed by atoms with Gasteiger partial charge in [0.25, 0.3) is 0 Å². The van der Waals surface area contributed by atoms with Crippen LogP contribution in [0.1, 0.15) is 26.0 Å². The van der Waals surface area contributed by atoms with Gasteiger partial charge in [0.15, 0.2) is 0 Å². The highest BCUT2D eigenvalue weighted by Gasteiger charge is 2.35. The molecule has 1 aliphatic rings. The third-order valence-corrected chi connectivity index (χ3v) is 3.03. The largest absolute Gasteiger partial charge is 0.433 e. The van der Waals surface area contributed by atoms with Crippen molar-refractivity contribution in [3.63, 3.8) is 0 Å². The summed E-state index contributed by atoms with van der Waals surface area (Å²) in [7, 11) is 0. The summed E-state index contributed by atoms with van der Waals surface area (Å²) in [4.78, 5) is 16.6. The maximum Gasteiger partial charge on any atom is 0.433 e. The van der Waals surface area contributed by atoms with Crippen molar-refractivity contribution in [2.24, 2.45) is 5.92 Å². The Labute approximate surface area is 115 Å². The Balaban J connectivity index is 2.18. The molecular formula is C13H16F3N3O. The predicted molar refractivity (Wildman–Crippen MR) is 68.4 cm³/mol. The zero-order chi connectivity index (χ0) is 14.9. The topological polar surface area (TPSA) is 45.2 Å². The van der Waals surface area contributed by atoms with E-state index in [1.165, 1.54) is 17.0 Å². The fourth-order valence-electron chi connectivity index (χ4n) is 2.23. The molecule has 1 unspecified atom stereocenters. The van der Waals surface area contributed by atoms with Gasteiger partial charge in [-0.3, -0.25) is 4.90 Å². The van der Waals surface area contributed by atoms with E-state index in [-0.39, 0.29) is 11.9 Å². The predicted octanol–water partition coefficient (Wildman–Crippen LogP) is 3.04. The van der Waals surface area contributed by atoms with Crippen molar-refractivity contribution < 1.29 is 18.0 Å². The molecule has 1 atom stereocenters. The quantitative estimate of drug-likeness (QED) is 0.928. The van der Waals surface area contributed by atoms with Crippen LogP contribution in [0.15, 0.2) is 18.2 Å². The summed E-state index contributed by atoms with van der Waals surface area (Å²) in [5, 5.41) is 2.76. The number of hydrogen-bond donors (Lipinski definition) is 1. The lowest BCUT2D eigenvalue weighted by molar-refractivity contribution is -0.141. The van der Waals surface area contributed by atoms with Crippen molar-refractivity contribution >= 4 is 11.8 Å².